The second kappa shape index (κ2) is 4.64. The molecule has 0 saturated carbocycles. The topological polar surface area (TPSA) is 0 Å². The smallest absolute Gasteiger partial charge is 0.105 e. The van der Waals surface area contributed by atoms with Crippen LogP contribution in [0, 0.1) is 6.92 Å². The highest BCUT2D eigenvalue weighted by Gasteiger charge is 2.20. The summed E-state index contributed by atoms with van der Waals surface area (Å²) in [5.41, 5.74) is 1.06. The molecular weight excluding hydrogens is 291 g/mol. The Balaban J connectivity index is 2.41. The fourth-order valence-corrected chi connectivity index (χ4v) is 4.38. The van der Waals surface area contributed by atoms with E-state index in [4.69, 9.17) is 34.8 Å². The van der Waals surface area contributed by atoms with Gasteiger partial charge in [0.15, 0.2) is 0 Å². The van der Waals surface area contributed by atoms with Crippen LogP contribution in [0.3, 0.4) is 0 Å². The van der Waals surface area contributed by atoms with Gasteiger partial charge in [-0.25, -0.2) is 0 Å². The SMILES string of the molecule is Cc1csc(C(Cl)c2sccc2Cl)c1Cl. The van der Waals surface area contributed by atoms with E-state index in [1.54, 1.807) is 22.7 Å². The van der Waals surface area contributed by atoms with Crippen molar-refractivity contribution in [2.45, 2.75) is 12.3 Å². The first kappa shape index (κ1) is 11.7. The maximum Gasteiger partial charge on any atom is 0.105 e. The molecule has 2 aromatic heterocycles. The van der Waals surface area contributed by atoms with Crippen molar-refractivity contribution in [3.05, 3.63) is 42.2 Å². The Morgan fingerprint density at radius 2 is 1.93 bits per heavy atom. The lowest BCUT2D eigenvalue weighted by Crippen LogP contribution is -1.87. The molecule has 0 nitrogen and oxygen atoms in total. The van der Waals surface area contributed by atoms with E-state index < -0.39 is 0 Å². The molecule has 2 heterocycles. The molecular formula is C10H7Cl3S2. The third kappa shape index (κ3) is 2.20. The highest BCUT2D eigenvalue weighted by atomic mass is 35.5. The van der Waals surface area contributed by atoms with Gasteiger partial charge in [0, 0.05) is 9.75 Å². The fraction of sp³-hybridized carbons (Fsp3) is 0.200. The van der Waals surface area contributed by atoms with Crippen LogP contribution in [-0.2, 0) is 0 Å². The summed E-state index contributed by atoms with van der Waals surface area (Å²) < 4.78 is 0. The molecule has 0 aromatic carbocycles. The molecule has 1 unspecified atom stereocenters. The highest BCUT2D eigenvalue weighted by molar-refractivity contribution is 7.13. The molecule has 0 amide bonds. The van der Waals surface area contributed by atoms with Gasteiger partial charge in [0.25, 0.3) is 0 Å². The van der Waals surface area contributed by atoms with Gasteiger partial charge in [-0.1, -0.05) is 23.2 Å². The first-order valence-electron chi connectivity index (χ1n) is 4.21. The number of hydrogen-bond acceptors (Lipinski definition) is 2. The second-order valence-corrected chi connectivity index (χ2v) is 6.17. The van der Waals surface area contributed by atoms with E-state index in [1.165, 1.54) is 0 Å². The molecule has 0 fully saturated rings. The third-order valence-corrected chi connectivity index (χ3v) is 5.93. The van der Waals surface area contributed by atoms with E-state index in [2.05, 4.69) is 0 Å². The Morgan fingerprint density at radius 1 is 1.20 bits per heavy atom. The van der Waals surface area contributed by atoms with Crippen molar-refractivity contribution in [1.82, 2.24) is 0 Å². The maximum absolute atomic E-state index is 6.35. The quantitative estimate of drug-likeness (QED) is 0.619. The minimum absolute atomic E-state index is 0.233. The Labute approximate surface area is 111 Å². The molecule has 0 bridgehead atoms. The molecule has 2 rings (SSSR count). The number of rotatable bonds is 2. The molecule has 0 aliphatic carbocycles. The van der Waals surface area contributed by atoms with Gasteiger partial charge >= 0.3 is 0 Å². The van der Waals surface area contributed by atoms with Crippen LogP contribution in [0.1, 0.15) is 20.7 Å². The Bertz CT molecular complexity index is 473. The average Bonchev–Trinajstić information content (AvgIpc) is 2.75. The summed E-state index contributed by atoms with van der Waals surface area (Å²) in [6.45, 7) is 1.97. The summed E-state index contributed by atoms with van der Waals surface area (Å²) in [4.78, 5) is 1.93. The summed E-state index contributed by atoms with van der Waals surface area (Å²) in [5, 5.41) is 5.17. The van der Waals surface area contributed by atoms with Crippen molar-refractivity contribution in [3.8, 4) is 0 Å². The minimum Gasteiger partial charge on any atom is -0.145 e. The summed E-state index contributed by atoms with van der Waals surface area (Å²) in [5.74, 6) is 0. The number of hydrogen-bond donors (Lipinski definition) is 0. The van der Waals surface area contributed by atoms with Gasteiger partial charge in [0.1, 0.15) is 5.38 Å². The number of halogens is 3. The zero-order valence-electron chi connectivity index (χ0n) is 7.76. The van der Waals surface area contributed by atoms with Crippen molar-refractivity contribution in [2.24, 2.45) is 0 Å². The van der Waals surface area contributed by atoms with Gasteiger partial charge in [-0.3, -0.25) is 0 Å². The second-order valence-electron chi connectivity index (χ2n) is 3.09. The molecule has 0 saturated heterocycles. The lowest BCUT2D eigenvalue weighted by atomic mass is 10.2. The summed E-state index contributed by atoms with van der Waals surface area (Å²) >= 11 is 21.7. The van der Waals surface area contributed by atoms with Crippen molar-refractivity contribution < 1.29 is 0 Å². The molecule has 0 spiro atoms. The molecule has 1 atom stereocenters. The summed E-state index contributed by atoms with van der Waals surface area (Å²) in [6, 6.07) is 1.85. The molecule has 0 N–H and O–H groups in total. The van der Waals surface area contributed by atoms with Crippen LogP contribution in [0.2, 0.25) is 10.0 Å². The van der Waals surface area contributed by atoms with Gasteiger partial charge < -0.3 is 0 Å². The van der Waals surface area contributed by atoms with E-state index >= 15 is 0 Å². The van der Waals surface area contributed by atoms with Crippen LogP contribution >= 0.6 is 57.5 Å². The van der Waals surface area contributed by atoms with E-state index in [9.17, 15) is 0 Å². The lowest BCUT2D eigenvalue weighted by Gasteiger charge is -2.06. The molecule has 0 aliphatic rings. The van der Waals surface area contributed by atoms with Crippen LogP contribution in [0.5, 0.6) is 0 Å². The van der Waals surface area contributed by atoms with E-state index in [1.807, 2.05) is 23.8 Å². The van der Waals surface area contributed by atoms with Crippen LogP contribution in [0.15, 0.2) is 16.8 Å². The fourth-order valence-electron chi connectivity index (χ4n) is 1.23. The molecule has 2 aromatic rings. The van der Waals surface area contributed by atoms with Crippen LogP contribution in [-0.4, -0.2) is 0 Å². The van der Waals surface area contributed by atoms with Gasteiger partial charge in [-0.05, 0) is 29.3 Å². The van der Waals surface area contributed by atoms with Crippen LogP contribution in [0.25, 0.3) is 0 Å². The van der Waals surface area contributed by atoms with Gasteiger partial charge in [0.05, 0.1) is 10.0 Å². The third-order valence-electron chi connectivity index (χ3n) is 2.03. The molecule has 80 valence electrons. The zero-order chi connectivity index (χ0) is 11.0. The largest absolute Gasteiger partial charge is 0.145 e. The Morgan fingerprint density at radius 3 is 2.40 bits per heavy atom. The number of aryl methyl sites for hydroxylation is 1. The van der Waals surface area contributed by atoms with Crippen molar-refractivity contribution >= 4 is 57.5 Å². The molecule has 15 heavy (non-hydrogen) atoms. The molecule has 5 heteroatoms. The standard InChI is InChI=1S/C10H7Cl3S2/c1-5-4-15-10(7(5)12)8(13)9-6(11)2-3-14-9/h2-4,8H,1H3. The molecule has 0 aliphatic heterocycles. The molecule has 0 radical (unpaired) electrons. The van der Waals surface area contributed by atoms with Crippen LogP contribution < -0.4 is 0 Å². The normalized spacial score (nSPS) is 13.1. The summed E-state index contributed by atoms with van der Waals surface area (Å²) in [6.07, 6.45) is 0. The zero-order valence-corrected chi connectivity index (χ0v) is 11.7. The average molecular weight is 298 g/mol. The van der Waals surface area contributed by atoms with E-state index in [0.717, 1.165) is 20.3 Å². The summed E-state index contributed by atoms with van der Waals surface area (Å²) in [7, 11) is 0. The van der Waals surface area contributed by atoms with E-state index in [0.29, 0.717) is 5.02 Å². The minimum atomic E-state index is -0.233. The van der Waals surface area contributed by atoms with Crippen molar-refractivity contribution in [1.29, 1.82) is 0 Å². The lowest BCUT2D eigenvalue weighted by molar-refractivity contribution is 1.23. The van der Waals surface area contributed by atoms with Gasteiger partial charge in [-0.15, -0.1) is 34.3 Å². The first-order chi connectivity index (χ1) is 7.11. The van der Waals surface area contributed by atoms with Crippen LogP contribution in [0.4, 0.5) is 0 Å². The monoisotopic (exact) mass is 296 g/mol. The predicted molar refractivity (Wildman–Crippen MR) is 71.1 cm³/mol. The maximum atomic E-state index is 6.35. The number of thiophene rings is 2. The van der Waals surface area contributed by atoms with E-state index in [-0.39, 0.29) is 5.38 Å². The van der Waals surface area contributed by atoms with Crippen molar-refractivity contribution in [3.63, 3.8) is 0 Å². The first-order valence-corrected chi connectivity index (χ1v) is 7.17. The highest BCUT2D eigenvalue weighted by Crippen LogP contribution is 2.43. The Hall–Kier alpha value is 0.270. The Kier molecular flexibility index (Phi) is 3.63. The van der Waals surface area contributed by atoms with Gasteiger partial charge in [0.2, 0.25) is 0 Å². The predicted octanol–water partition coefficient (Wildman–Crippen LogP) is 5.75. The number of alkyl halides is 1. The van der Waals surface area contributed by atoms with Gasteiger partial charge in [-0.2, -0.15) is 0 Å². The van der Waals surface area contributed by atoms with Crippen molar-refractivity contribution in [2.75, 3.05) is 0 Å².